The van der Waals surface area contributed by atoms with Crippen molar-refractivity contribution in [2.45, 2.75) is 137 Å². The van der Waals surface area contributed by atoms with E-state index in [9.17, 15) is 0 Å². The second kappa shape index (κ2) is 31.7. The monoisotopic (exact) mass is 553 g/mol. The number of unbranched alkanes of at least 4 members (excludes halogenated alkanes) is 13. The van der Waals surface area contributed by atoms with Crippen LogP contribution in [0.3, 0.4) is 0 Å². The van der Waals surface area contributed by atoms with Gasteiger partial charge in [-0.1, -0.05) is 103 Å². The third-order valence-electron chi connectivity index (χ3n) is 6.16. The fourth-order valence-corrected chi connectivity index (χ4v) is 4.21. The average Bonchev–Trinajstić information content (AvgIpc) is 2.88. The summed E-state index contributed by atoms with van der Waals surface area (Å²) in [5, 5.41) is 14.0. The Kier molecular flexibility index (Phi) is 32.2. The first-order valence-electron chi connectivity index (χ1n) is 15.5. The van der Waals surface area contributed by atoms with E-state index >= 15 is 0 Å². The third-order valence-corrected chi connectivity index (χ3v) is 6.51. The number of nitrogens with zero attached hydrogens (tertiary/aromatic N) is 2. The van der Waals surface area contributed by atoms with E-state index in [4.69, 9.17) is 29.1 Å². The van der Waals surface area contributed by atoms with Crippen LogP contribution in [0.15, 0.2) is 9.98 Å². The second-order valence-electron chi connectivity index (χ2n) is 9.98. The Labute approximate surface area is 241 Å². The van der Waals surface area contributed by atoms with Crippen LogP contribution in [-0.2, 0) is 0 Å². The van der Waals surface area contributed by atoms with Crippen LogP contribution in [-0.4, -0.2) is 55.1 Å². The quantitative estimate of drug-likeness (QED) is 0.0344. The lowest BCUT2D eigenvalue weighted by Crippen LogP contribution is -2.32. The first-order valence-corrected chi connectivity index (χ1v) is 15.9. The molecular weight excluding hydrogens is 490 g/mol. The zero-order valence-electron chi connectivity index (χ0n) is 25.5. The SMILES string of the molecule is CC.CC(=N)CCCCCCCCCCCCCCCCC(N)=NCCC(=S)NCCNCCN=C(C)N. The molecular formula is C30H63N7S. The minimum Gasteiger partial charge on any atom is -0.388 e. The van der Waals surface area contributed by atoms with E-state index in [2.05, 4.69) is 20.6 Å². The molecule has 0 aromatic carbocycles. The van der Waals surface area contributed by atoms with Gasteiger partial charge in [-0.25, -0.2) is 0 Å². The van der Waals surface area contributed by atoms with Gasteiger partial charge in [0.05, 0.1) is 23.2 Å². The van der Waals surface area contributed by atoms with E-state index in [1.54, 1.807) is 6.92 Å². The number of aliphatic imine (C=N–C) groups is 2. The zero-order valence-corrected chi connectivity index (χ0v) is 26.3. The van der Waals surface area contributed by atoms with Crippen molar-refractivity contribution in [1.82, 2.24) is 10.6 Å². The Hall–Kier alpha value is -1.54. The molecule has 0 aliphatic rings. The van der Waals surface area contributed by atoms with E-state index < -0.39 is 0 Å². The van der Waals surface area contributed by atoms with Crippen LogP contribution in [0, 0.1) is 5.41 Å². The largest absolute Gasteiger partial charge is 0.388 e. The third kappa shape index (κ3) is 34.5. The lowest BCUT2D eigenvalue weighted by atomic mass is 10.0. The van der Waals surface area contributed by atoms with Crippen LogP contribution in [0.2, 0.25) is 0 Å². The molecule has 224 valence electrons. The lowest BCUT2D eigenvalue weighted by Gasteiger charge is -2.08. The molecule has 38 heavy (non-hydrogen) atoms. The molecule has 0 spiro atoms. The highest BCUT2D eigenvalue weighted by atomic mass is 32.1. The Morgan fingerprint density at radius 3 is 1.58 bits per heavy atom. The number of nitrogens with one attached hydrogen (secondary N) is 3. The van der Waals surface area contributed by atoms with Crippen molar-refractivity contribution in [3.8, 4) is 0 Å². The zero-order chi connectivity index (χ0) is 28.7. The van der Waals surface area contributed by atoms with E-state index in [1.165, 1.54) is 83.5 Å². The van der Waals surface area contributed by atoms with Crippen molar-refractivity contribution in [3.63, 3.8) is 0 Å². The number of nitrogens with two attached hydrogens (primary N) is 2. The Morgan fingerprint density at radius 2 is 1.11 bits per heavy atom. The van der Waals surface area contributed by atoms with Crippen molar-refractivity contribution < 1.29 is 0 Å². The molecule has 7 N–H and O–H groups in total. The minimum absolute atomic E-state index is 0.622. The normalized spacial score (nSPS) is 11.7. The maximum atomic E-state index is 7.44. The Balaban J connectivity index is 0. The van der Waals surface area contributed by atoms with Gasteiger partial charge in [-0.05, 0) is 33.1 Å². The summed E-state index contributed by atoms with van der Waals surface area (Å²) in [4.78, 5) is 9.45. The molecule has 0 radical (unpaired) electrons. The highest BCUT2D eigenvalue weighted by molar-refractivity contribution is 7.80. The van der Waals surface area contributed by atoms with Gasteiger partial charge in [0.15, 0.2) is 0 Å². The molecule has 0 aliphatic heterocycles. The molecule has 0 bridgehead atoms. The van der Waals surface area contributed by atoms with Gasteiger partial charge in [0, 0.05) is 44.7 Å². The fraction of sp³-hybridized carbons (Fsp3) is 0.867. The number of hydrogen-bond acceptors (Lipinski definition) is 5. The summed E-state index contributed by atoms with van der Waals surface area (Å²) in [5.74, 6) is 1.39. The minimum atomic E-state index is 0.622. The Morgan fingerprint density at radius 1 is 0.632 bits per heavy atom. The van der Waals surface area contributed by atoms with Crippen LogP contribution in [0.25, 0.3) is 0 Å². The van der Waals surface area contributed by atoms with Crippen molar-refractivity contribution in [2.75, 3.05) is 32.7 Å². The fourth-order valence-electron chi connectivity index (χ4n) is 4.01. The van der Waals surface area contributed by atoms with E-state index in [1.807, 2.05) is 20.8 Å². The summed E-state index contributed by atoms with van der Waals surface area (Å²) in [7, 11) is 0. The maximum Gasteiger partial charge on any atom is 0.0937 e. The van der Waals surface area contributed by atoms with Crippen LogP contribution >= 0.6 is 12.2 Å². The Bertz CT molecular complexity index is 601. The maximum absolute atomic E-state index is 7.44. The molecule has 0 amide bonds. The smallest absolute Gasteiger partial charge is 0.0937 e. The molecule has 0 aliphatic carbocycles. The van der Waals surface area contributed by atoms with Crippen molar-refractivity contribution >= 4 is 34.6 Å². The van der Waals surface area contributed by atoms with Crippen LogP contribution < -0.4 is 22.1 Å². The van der Waals surface area contributed by atoms with Crippen molar-refractivity contribution in [2.24, 2.45) is 21.5 Å². The lowest BCUT2D eigenvalue weighted by molar-refractivity contribution is 0.535. The first-order chi connectivity index (χ1) is 18.4. The molecule has 0 aromatic heterocycles. The number of hydrogen-bond donors (Lipinski definition) is 5. The highest BCUT2D eigenvalue weighted by Gasteiger charge is 1.99. The van der Waals surface area contributed by atoms with Crippen LogP contribution in [0.5, 0.6) is 0 Å². The van der Waals surface area contributed by atoms with Crippen molar-refractivity contribution in [3.05, 3.63) is 0 Å². The first kappa shape index (κ1) is 38.6. The van der Waals surface area contributed by atoms with Gasteiger partial charge in [0.25, 0.3) is 0 Å². The molecule has 0 atom stereocenters. The summed E-state index contributed by atoms with van der Waals surface area (Å²) in [6.07, 6.45) is 21.2. The van der Waals surface area contributed by atoms with Crippen LogP contribution in [0.4, 0.5) is 0 Å². The summed E-state index contributed by atoms with van der Waals surface area (Å²) >= 11 is 5.36. The molecule has 0 fully saturated rings. The van der Waals surface area contributed by atoms with Gasteiger partial charge in [-0.15, -0.1) is 0 Å². The predicted molar refractivity (Wildman–Crippen MR) is 175 cm³/mol. The molecule has 8 heteroatoms. The molecule has 0 aromatic rings. The summed E-state index contributed by atoms with van der Waals surface area (Å²) < 4.78 is 0. The van der Waals surface area contributed by atoms with Gasteiger partial charge in [0.2, 0.25) is 0 Å². The summed E-state index contributed by atoms with van der Waals surface area (Å²) in [5.41, 5.74) is 12.4. The van der Waals surface area contributed by atoms with Gasteiger partial charge < -0.3 is 27.5 Å². The van der Waals surface area contributed by atoms with Crippen molar-refractivity contribution in [1.29, 1.82) is 5.41 Å². The number of thiocarbonyl (C=S) groups is 1. The van der Waals surface area contributed by atoms with Gasteiger partial charge in [-0.2, -0.15) is 0 Å². The number of rotatable bonds is 26. The predicted octanol–water partition coefficient (Wildman–Crippen LogP) is 6.92. The van der Waals surface area contributed by atoms with Crippen LogP contribution in [0.1, 0.15) is 137 Å². The summed E-state index contributed by atoms with van der Waals surface area (Å²) in [6, 6.07) is 0. The van der Waals surface area contributed by atoms with E-state index in [0.29, 0.717) is 18.9 Å². The van der Waals surface area contributed by atoms with Gasteiger partial charge in [-0.3, -0.25) is 9.98 Å². The number of amidine groups is 2. The standard InChI is InChI=1S/C28H57N7S.C2H6/c1-25(29)17-15-13-11-9-7-5-3-4-6-8-10-12-14-16-18-27(31)34-20-19-28(36)35-24-22-32-21-23-33-26(2)30;1-2/h29,32H,3-24H2,1-2H3,(H2,30,33)(H2,31,34)(H,35,36);1-2H3. The molecule has 0 unspecified atom stereocenters. The average molecular weight is 554 g/mol. The van der Waals surface area contributed by atoms with E-state index in [0.717, 1.165) is 61.9 Å². The molecule has 7 nitrogen and oxygen atoms in total. The highest BCUT2D eigenvalue weighted by Crippen LogP contribution is 2.13. The van der Waals surface area contributed by atoms with Gasteiger partial charge >= 0.3 is 0 Å². The molecule has 0 saturated heterocycles. The summed E-state index contributed by atoms with van der Waals surface area (Å²) in [6.45, 7) is 11.5. The second-order valence-corrected chi connectivity index (χ2v) is 10.5. The van der Waals surface area contributed by atoms with Gasteiger partial charge in [0.1, 0.15) is 0 Å². The molecule has 0 heterocycles. The molecule has 0 saturated carbocycles. The molecule has 0 rings (SSSR count). The van der Waals surface area contributed by atoms with E-state index in [-0.39, 0.29) is 0 Å². The topological polar surface area (TPSA) is 125 Å².